The Kier molecular flexibility index (Phi) is 4.84. The Morgan fingerprint density at radius 2 is 2.24 bits per heavy atom. The zero-order chi connectivity index (χ0) is 15.5. The molecular weight excluding hydrogens is 286 g/mol. The molecule has 0 atom stereocenters. The van der Waals surface area contributed by atoms with Crippen molar-refractivity contribution < 1.29 is 14.3 Å². The third-order valence-electron chi connectivity index (χ3n) is 3.26. The van der Waals surface area contributed by atoms with Gasteiger partial charge in [-0.1, -0.05) is 19.6 Å². The summed E-state index contributed by atoms with van der Waals surface area (Å²) >= 11 is 0. The van der Waals surface area contributed by atoms with Crippen LogP contribution in [0.25, 0.3) is 5.57 Å². The normalized spacial score (nSPS) is 14.2. The average Bonchev–Trinajstić information content (AvgIpc) is 2.84. The lowest BCUT2D eigenvalue weighted by Gasteiger charge is -2.15. The van der Waals surface area contributed by atoms with E-state index >= 15 is 0 Å². The van der Waals surface area contributed by atoms with E-state index in [0.29, 0.717) is 24.5 Å². The summed E-state index contributed by atoms with van der Waals surface area (Å²) < 4.78 is 12.2. The molecule has 1 aromatic heterocycles. The summed E-state index contributed by atoms with van der Waals surface area (Å²) in [5.41, 5.74) is 2.11. The van der Waals surface area contributed by atoms with Crippen molar-refractivity contribution in [2.24, 2.45) is 0 Å². The number of nitrogens with one attached hydrogen (secondary N) is 1. The molecule has 0 saturated carbocycles. The van der Waals surface area contributed by atoms with Crippen LogP contribution in [-0.4, -0.2) is 37.5 Å². The summed E-state index contributed by atoms with van der Waals surface area (Å²) in [5, 5.41) is 7.48. The van der Waals surface area contributed by atoms with Crippen LogP contribution in [0.3, 0.4) is 0 Å². The number of nitrogens with zero attached hydrogens (tertiary/aromatic N) is 2. The Morgan fingerprint density at radius 1 is 1.48 bits per heavy atom. The van der Waals surface area contributed by atoms with Crippen LogP contribution in [-0.2, 0) is 27.5 Å². The molecule has 1 aliphatic heterocycles. The quantitative estimate of drug-likeness (QED) is 0.493. The lowest BCUT2D eigenvalue weighted by atomic mass is 10.1. The topological polar surface area (TPSA) is 65.4 Å². The van der Waals surface area contributed by atoms with Crippen LogP contribution in [0.5, 0.6) is 0 Å². The van der Waals surface area contributed by atoms with E-state index in [-0.39, 0.29) is 5.97 Å². The van der Waals surface area contributed by atoms with Gasteiger partial charge in [0.05, 0.1) is 7.11 Å². The smallest absolute Gasteiger partial charge is 0.341 e. The SMILES string of the molecule is COC(=O)C1=CNCc2cn(COCC[Si](C)(C)C)nc21. The van der Waals surface area contributed by atoms with E-state index in [2.05, 4.69) is 30.1 Å². The number of carbonyl (C=O) groups is 1. The number of aromatic nitrogens is 2. The van der Waals surface area contributed by atoms with E-state index in [1.807, 2.05) is 6.20 Å². The van der Waals surface area contributed by atoms with E-state index in [9.17, 15) is 4.79 Å². The minimum atomic E-state index is -1.07. The number of carbonyl (C=O) groups excluding carboxylic acids is 1. The van der Waals surface area contributed by atoms with Crippen LogP contribution < -0.4 is 5.32 Å². The second kappa shape index (κ2) is 6.44. The average molecular weight is 309 g/mol. The van der Waals surface area contributed by atoms with Gasteiger partial charge in [0.1, 0.15) is 18.0 Å². The number of hydrogen-bond acceptors (Lipinski definition) is 5. The highest BCUT2D eigenvalue weighted by molar-refractivity contribution is 6.76. The molecule has 21 heavy (non-hydrogen) atoms. The summed E-state index contributed by atoms with van der Waals surface area (Å²) in [6.07, 6.45) is 3.56. The third-order valence-corrected chi connectivity index (χ3v) is 4.96. The summed E-state index contributed by atoms with van der Waals surface area (Å²) in [4.78, 5) is 11.7. The lowest BCUT2D eigenvalue weighted by molar-refractivity contribution is -0.133. The molecule has 0 bridgehead atoms. The first-order chi connectivity index (χ1) is 9.90. The molecule has 7 heteroatoms. The van der Waals surface area contributed by atoms with Crippen molar-refractivity contribution in [2.75, 3.05) is 13.7 Å². The molecule has 1 N–H and O–H groups in total. The molecule has 116 valence electrons. The van der Waals surface area contributed by atoms with Gasteiger partial charge in [0.2, 0.25) is 0 Å². The molecule has 0 radical (unpaired) electrons. The van der Waals surface area contributed by atoms with Gasteiger partial charge in [-0.2, -0.15) is 5.10 Å². The van der Waals surface area contributed by atoms with Crippen molar-refractivity contribution >= 4 is 19.6 Å². The standard InChI is InChI=1S/C14H23N3O3Si/c1-19-14(18)12-8-15-7-11-9-17(16-13(11)12)10-20-5-6-21(2,3)4/h8-9,15H,5-7,10H2,1-4H3. The zero-order valence-corrected chi connectivity index (χ0v) is 14.1. The number of hydrogen-bond donors (Lipinski definition) is 1. The minimum Gasteiger partial charge on any atom is -0.465 e. The maximum atomic E-state index is 11.7. The van der Waals surface area contributed by atoms with Gasteiger partial charge in [-0.25, -0.2) is 9.48 Å². The van der Waals surface area contributed by atoms with E-state index in [1.54, 1.807) is 10.9 Å². The fourth-order valence-corrected chi connectivity index (χ4v) is 2.78. The first-order valence-electron chi connectivity index (χ1n) is 7.07. The highest BCUT2D eigenvalue weighted by Crippen LogP contribution is 2.22. The number of rotatable bonds is 6. The van der Waals surface area contributed by atoms with Crippen LogP contribution in [0.1, 0.15) is 11.3 Å². The largest absolute Gasteiger partial charge is 0.465 e. The van der Waals surface area contributed by atoms with Gasteiger partial charge in [0.25, 0.3) is 0 Å². The Bertz CT molecular complexity index is 546. The summed E-state index contributed by atoms with van der Waals surface area (Å²) in [6, 6.07) is 1.13. The van der Waals surface area contributed by atoms with Crippen LogP contribution in [0.15, 0.2) is 12.4 Å². The van der Waals surface area contributed by atoms with Crippen molar-refractivity contribution in [1.82, 2.24) is 15.1 Å². The zero-order valence-electron chi connectivity index (χ0n) is 13.1. The predicted octanol–water partition coefficient (Wildman–Crippen LogP) is 1.81. The van der Waals surface area contributed by atoms with Crippen molar-refractivity contribution in [3.8, 4) is 0 Å². The molecule has 6 nitrogen and oxygen atoms in total. The van der Waals surface area contributed by atoms with Gasteiger partial charge in [-0.05, 0) is 6.04 Å². The van der Waals surface area contributed by atoms with Crippen LogP contribution >= 0.6 is 0 Å². The van der Waals surface area contributed by atoms with Crippen LogP contribution in [0.2, 0.25) is 25.7 Å². The van der Waals surface area contributed by atoms with Gasteiger partial charge in [-0.15, -0.1) is 0 Å². The number of esters is 1. The molecule has 0 aromatic carbocycles. The molecule has 0 amide bonds. The molecule has 1 aliphatic rings. The van der Waals surface area contributed by atoms with E-state index in [4.69, 9.17) is 9.47 Å². The fraction of sp³-hybridized carbons (Fsp3) is 0.571. The molecule has 1 aromatic rings. The Labute approximate surface area is 126 Å². The Hall–Kier alpha value is -1.60. The van der Waals surface area contributed by atoms with Crippen LogP contribution in [0.4, 0.5) is 0 Å². The molecular formula is C14H23N3O3Si. The molecule has 0 aliphatic carbocycles. The van der Waals surface area contributed by atoms with E-state index in [1.165, 1.54) is 7.11 Å². The molecule has 0 spiro atoms. The number of fused-ring (bicyclic) bond motifs is 1. The molecule has 2 rings (SSSR count). The minimum absolute atomic E-state index is 0.381. The molecule has 0 fully saturated rings. The number of methoxy groups -OCH3 is 1. The first kappa shape index (κ1) is 15.8. The maximum Gasteiger partial charge on any atom is 0.341 e. The van der Waals surface area contributed by atoms with E-state index < -0.39 is 8.07 Å². The van der Waals surface area contributed by atoms with Gasteiger partial charge in [-0.3, -0.25) is 0 Å². The lowest BCUT2D eigenvalue weighted by Crippen LogP contribution is -2.22. The van der Waals surface area contributed by atoms with Crippen LogP contribution in [0, 0.1) is 0 Å². The Morgan fingerprint density at radius 3 is 2.90 bits per heavy atom. The monoisotopic (exact) mass is 309 g/mol. The van der Waals surface area contributed by atoms with Gasteiger partial charge >= 0.3 is 5.97 Å². The predicted molar refractivity (Wildman–Crippen MR) is 83.2 cm³/mol. The molecule has 2 heterocycles. The van der Waals surface area contributed by atoms with Gasteiger partial charge in [0, 0.05) is 39.2 Å². The highest BCUT2D eigenvalue weighted by atomic mass is 28.3. The van der Waals surface area contributed by atoms with Crippen molar-refractivity contribution in [3.05, 3.63) is 23.7 Å². The van der Waals surface area contributed by atoms with Crippen molar-refractivity contribution in [2.45, 2.75) is 39.0 Å². The second-order valence-electron chi connectivity index (χ2n) is 6.32. The summed E-state index contributed by atoms with van der Waals surface area (Å²) in [5.74, 6) is -0.381. The first-order valence-corrected chi connectivity index (χ1v) is 10.8. The number of ether oxygens (including phenoxy) is 2. The van der Waals surface area contributed by atoms with Gasteiger partial charge in [0.15, 0.2) is 0 Å². The van der Waals surface area contributed by atoms with E-state index in [0.717, 1.165) is 18.2 Å². The van der Waals surface area contributed by atoms with Crippen molar-refractivity contribution in [1.29, 1.82) is 0 Å². The van der Waals surface area contributed by atoms with Gasteiger partial charge < -0.3 is 14.8 Å². The maximum absolute atomic E-state index is 11.7. The summed E-state index contributed by atoms with van der Waals surface area (Å²) in [7, 11) is 0.298. The third kappa shape index (κ3) is 4.18. The fourth-order valence-electron chi connectivity index (χ4n) is 2.02. The highest BCUT2D eigenvalue weighted by Gasteiger charge is 2.23. The van der Waals surface area contributed by atoms with Crippen molar-refractivity contribution in [3.63, 3.8) is 0 Å². The molecule has 0 saturated heterocycles. The summed E-state index contributed by atoms with van der Waals surface area (Å²) in [6.45, 7) is 8.78. The Balaban J connectivity index is 1.97. The second-order valence-corrected chi connectivity index (χ2v) is 11.9. The molecule has 0 unspecified atom stereocenters.